The maximum atomic E-state index is 5.10. The molecule has 1 heterocycles. The minimum Gasteiger partial charge on any atom is -0.297 e. The van der Waals surface area contributed by atoms with Gasteiger partial charge in [0.2, 0.25) is 0 Å². The lowest BCUT2D eigenvalue weighted by molar-refractivity contribution is 0.0106. The van der Waals surface area contributed by atoms with E-state index in [1.165, 1.54) is 16.7 Å². The van der Waals surface area contributed by atoms with Crippen molar-refractivity contribution in [1.82, 2.24) is 5.48 Å². The Bertz CT molecular complexity index is 270. The fourth-order valence-corrected chi connectivity index (χ4v) is 1.40. The van der Waals surface area contributed by atoms with Crippen LogP contribution in [0.4, 0.5) is 0 Å². The molecule has 0 saturated heterocycles. The van der Waals surface area contributed by atoms with E-state index in [0.29, 0.717) is 6.61 Å². The first-order valence-electron chi connectivity index (χ1n) is 3.80. The van der Waals surface area contributed by atoms with Gasteiger partial charge in [0.15, 0.2) is 0 Å². The van der Waals surface area contributed by atoms with Crippen molar-refractivity contribution in [3.63, 3.8) is 0 Å². The van der Waals surface area contributed by atoms with E-state index in [1.807, 2.05) is 0 Å². The Morgan fingerprint density at radius 3 is 3.18 bits per heavy atom. The lowest BCUT2D eigenvalue weighted by Crippen LogP contribution is -2.21. The molecule has 0 spiro atoms. The summed E-state index contributed by atoms with van der Waals surface area (Å²) in [4.78, 5) is 5.10. The minimum absolute atomic E-state index is 0.691. The molecule has 0 radical (unpaired) electrons. The summed E-state index contributed by atoms with van der Waals surface area (Å²) in [6.07, 6.45) is 0. The van der Waals surface area contributed by atoms with Crippen LogP contribution in [0, 0.1) is 6.92 Å². The van der Waals surface area contributed by atoms with Gasteiger partial charge in [-0.1, -0.05) is 18.2 Å². The molecular formula is C9H11NO. The van der Waals surface area contributed by atoms with Gasteiger partial charge in [-0.2, -0.15) is 5.48 Å². The Balaban J connectivity index is 2.49. The second kappa shape index (κ2) is 2.64. The monoisotopic (exact) mass is 149 g/mol. The van der Waals surface area contributed by atoms with Crippen molar-refractivity contribution in [1.29, 1.82) is 0 Å². The third-order valence-electron chi connectivity index (χ3n) is 2.09. The number of hydroxylamine groups is 1. The van der Waals surface area contributed by atoms with Crippen LogP contribution >= 0.6 is 0 Å². The van der Waals surface area contributed by atoms with Crippen molar-refractivity contribution < 1.29 is 4.84 Å². The van der Waals surface area contributed by atoms with Crippen molar-refractivity contribution in [2.24, 2.45) is 0 Å². The van der Waals surface area contributed by atoms with Gasteiger partial charge < -0.3 is 0 Å². The highest BCUT2D eigenvalue weighted by Gasteiger charge is 2.09. The van der Waals surface area contributed by atoms with E-state index in [4.69, 9.17) is 4.84 Å². The summed E-state index contributed by atoms with van der Waals surface area (Å²) < 4.78 is 0. The van der Waals surface area contributed by atoms with Gasteiger partial charge in [-0.3, -0.25) is 4.84 Å². The highest BCUT2D eigenvalue weighted by molar-refractivity contribution is 5.34. The first-order chi connectivity index (χ1) is 5.38. The predicted octanol–water partition coefficient (Wildman–Crippen LogP) is 1.53. The summed E-state index contributed by atoms with van der Waals surface area (Å²) in [5.74, 6) is 0. The van der Waals surface area contributed by atoms with E-state index in [1.54, 1.807) is 0 Å². The van der Waals surface area contributed by atoms with Crippen molar-refractivity contribution in [2.45, 2.75) is 20.1 Å². The Labute approximate surface area is 66.1 Å². The van der Waals surface area contributed by atoms with Crippen LogP contribution < -0.4 is 5.48 Å². The molecule has 1 aliphatic heterocycles. The molecule has 0 unspecified atom stereocenters. The lowest BCUT2D eigenvalue weighted by Gasteiger charge is -2.18. The Kier molecular flexibility index (Phi) is 1.64. The van der Waals surface area contributed by atoms with Crippen LogP contribution in [0.25, 0.3) is 0 Å². The molecule has 0 saturated carbocycles. The third-order valence-corrected chi connectivity index (χ3v) is 2.09. The van der Waals surface area contributed by atoms with Crippen LogP contribution in [0.2, 0.25) is 0 Å². The molecule has 1 N–H and O–H groups in total. The number of hydrogen-bond donors (Lipinski definition) is 1. The second-order valence-electron chi connectivity index (χ2n) is 2.82. The predicted molar refractivity (Wildman–Crippen MR) is 42.8 cm³/mol. The van der Waals surface area contributed by atoms with Gasteiger partial charge in [0.1, 0.15) is 0 Å². The molecule has 0 aliphatic carbocycles. The van der Waals surface area contributed by atoms with Gasteiger partial charge in [-0.15, -0.1) is 0 Å². The molecule has 11 heavy (non-hydrogen) atoms. The van der Waals surface area contributed by atoms with Crippen LogP contribution in [-0.4, -0.2) is 0 Å². The number of rotatable bonds is 0. The maximum Gasteiger partial charge on any atom is 0.0936 e. The molecule has 2 heteroatoms. The van der Waals surface area contributed by atoms with E-state index in [9.17, 15) is 0 Å². The summed E-state index contributed by atoms with van der Waals surface area (Å²) in [6.45, 7) is 3.66. The van der Waals surface area contributed by atoms with Crippen LogP contribution in [0.3, 0.4) is 0 Å². The highest BCUT2D eigenvalue weighted by Crippen LogP contribution is 2.17. The molecule has 1 aromatic rings. The van der Waals surface area contributed by atoms with Crippen molar-refractivity contribution in [3.05, 3.63) is 34.9 Å². The maximum absolute atomic E-state index is 5.10. The molecule has 0 amide bonds. The molecule has 58 valence electrons. The topological polar surface area (TPSA) is 21.3 Å². The number of aryl methyl sites for hydroxylation is 1. The van der Waals surface area contributed by atoms with Gasteiger partial charge in [-0.25, -0.2) is 0 Å². The Morgan fingerprint density at radius 2 is 2.36 bits per heavy atom. The van der Waals surface area contributed by atoms with Crippen LogP contribution in [-0.2, 0) is 18.0 Å². The zero-order valence-corrected chi connectivity index (χ0v) is 6.55. The second-order valence-corrected chi connectivity index (χ2v) is 2.82. The SMILES string of the molecule is Cc1cccc2c1CNOC2. The zero-order chi connectivity index (χ0) is 7.68. The first-order valence-corrected chi connectivity index (χ1v) is 3.80. The van der Waals surface area contributed by atoms with Crippen molar-refractivity contribution in [2.75, 3.05) is 0 Å². The molecule has 1 aliphatic rings. The van der Waals surface area contributed by atoms with Gasteiger partial charge in [0.25, 0.3) is 0 Å². The van der Waals surface area contributed by atoms with Crippen LogP contribution in [0.5, 0.6) is 0 Å². The largest absolute Gasteiger partial charge is 0.297 e. The number of benzene rings is 1. The molecule has 0 aromatic heterocycles. The van der Waals surface area contributed by atoms with Crippen molar-refractivity contribution in [3.8, 4) is 0 Å². The minimum atomic E-state index is 0.691. The average molecular weight is 149 g/mol. The number of fused-ring (bicyclic) bond motifs is 1. The summed E-state index contributed by atoms with van der Waals surface area (Å²) in [7, 11) is 0. The van der Waals surface area contributed by atoms with E-state index in [2.05, 4.69) is 30.6 Å². The fourth-order valence-electron chi connectivity index (χ4n) is 1.40. The third kappa shape index (κ3) is 1.15. The average Bonchev–Trinajstić information content (AvgIpc) is 2.06. The first kappa shape index (κ1) is 6.83. The van der Waals surface area contributed by atoms with Gasteiger partial charge in [0, 0.05) is 6.54 Å². The van der Waals surface area contributed by atoms with E-state index in [-0.39, 0.29) is 0 Å². The standard InChI is InChI=1S/C9H11NO/c1-7-3-2-4-8-6-11-10-5-9(7)8/h2-4,10H,5-6H2,1H3. The summed E-state index contributed by atoms with van der Waals surface area (Å²) in [5, 5.41) is 0. The molecule has 2 rings (SSSR count). The van der Waals surface area contributed by atoms with Crippen molar-refractivity contribution >= 4 is 0 Å². The molecular weight excluding hydrogens is 138 g/mol. The summed E-state index contributed by atoms with van der Waals surface area (Å²) in [6, 6.07) is 6.32. The van der Waals surface area contributed by atoms with Crippen LogP contribution in [0.1, 0.15) is 16.7 Å². The molecule has 0 bridgehead atoms. The fraction of sp³-hybridized carbons (Fsp3) is 0.333. The van der Waals surface area contributed by atoms with E-state index >= 15 is 0 Å². The molecule has 0 fully saturated rings. The smallest absolute Gasteiger partial charge is 0.0936 e. The van der Waals surface area contributed by atoms with Gasteiger partial charge in [0.05, 0.1) is 6.61 Å². The van der Waals surface area contributed by atoms with Crippen LogP contribution in [0.15, 0.2) is 18.2 Å². The summed E-state index contributed by atoms with van der Waals surface area (Å²) >= 11 is 0. The van der Waals surface area contributed by atoms with E-state index in [0.717, 1.165) is 6.54 Å². The van der Waals surface area contributed by atoms with Gasteiger partial charge >= 0.3 is 0 Å². The highest BCUT2D eigenvalue weighted by atomic mass is 16.6. The van der Waals surface area contributed by atoms with Gasteiger partial charge in [-0.05, 0) is 23.6 Å². The molecule has 2 nitrogen and oxygen atoms in total. The van der Waals surface area contributed by atoms with E-state index < -0.39 is 0 Å². The normalized spacial score (nSPS) is 16.1. The number of hydrogen-bond acceptors (Lipinski definition) is 2. The molecule has 0 atom stereocenters. The molecule has 1 aromatic carbocycles. The Morgan fingerprint density at radius 1 is 1.45 bits per heavy atom. The Hall–Kier alpha value is -0.860. The quantitative estimate of drug-likeness (QED) is 0.604. The lowest BCUT2D eigenvalue weighted by atomic mass is 10.0. The zero-order valence-electron chi connectivity index (χ0n) is 6.55. The number of nitrogens with one attached hydrogen (secondary N) is 1. The summed E-state index contributed by atoms with van der Waals surface area (Å²) in [5.41, 5.74) is 6.92.